The molecule has 0 aliphatic carbocycles. The molecule has 0 spiro atoms. The fraction of sp³-hybridized carbons (Fsp3) is 0.381. The van der Waals surface area contributed by atoms with Crippen LogP contribution in [0.5, 0.6) is 0 Å². The van der Waals surface area contributed by atoms with Gasteiger partial charge in [0.15, 0.2) is 0 Å². The zero-order valence-corrected chi connectivity index (χ0v) is 19.8. The van der Waals surface area contributed by atoms with Gasteiger partial charge in [0.05, 0.1) is 5.69 Å². The largest absolute Gasteiger partial charge is 0.396 e. The number of aromatic nitrogens is 2. The molecular weight excluding hydrogens is 506 g/mol. The zero-order chi connectivity index (χ0) is 20.0. The highest BCUT2D eigenvalue weighted by Crippen LogP contribution is 2.40. The van der Waals surface area contributed by atoms with Gasteiger partial charge < -0.3 is 10.0 Å². The van der Waals surface area contributed by atoms with Crippen molar-refractivity contribution in [2.75, 3.05) is 24.6 Å². The van der Waals surface area contributed by atoms with Gasteiger partial charge in [-0.2, -0.15) is 0 Å². The summed E-state index contributed by atoms with van der Waals surface area (Å²) in [6.45, 7) is 6.50. The first kappa shape index (κ1) is 20.2. The quantitative estimate of drug-likeness (QED) is 0.452. The van der Waals surface area contributed by atoms with Gasteiger partial charge >= 0.3 is 0 Å². The van der Waals surface area contributed by atoms with E-state index in [0.29, 0.717) is 10.9 Å². The van der Waals surface area contributed by atoms with Crippen LogP contribution in [0.2, 0.25) is 5.02 Å². The van der Waals surface area contributed by atoms with Gasteiger partial charge in [0.25, 0.3) is 0 Å². The summed E-state index contributed by atoms with van der Waals surface area (Å²) in [4.78, 5) is 7.18. The van der Waals surface area contributed by atoms with E-state index in [4.69, 9.17) is 16.6 Å². The summed E-state index contributed by atoms with van der Waals surface area (Å²) in [7, 11) is 0. The third kappa shape index (κ3) is 3.38. The summed E-state index contributed by atoms with van der Waals surface area (Å²) in [6, 6.07) is 5.93. The molecule has 0 bridgehead atoms. The Hall–Kier alpha value is -1.08. The lowest BCUT2D eigenvalue weighted by atomic mass is 9.97. The molecule has 0 unspecified atom stereocenters. The van der Waals surface area contributed by atoms with Crippen LogP contribution in [0.3, 0.4) is 0 Å². The SMILES string of the molecule is Cc1c(C)n(-c2c(Br)cc(Cl)cc2Br)c2nccc(N3CCC(CO)CC3)c12. The first-order chi connectivity index (χ1) is 13.4. The van der Waals surface area contributed by atoms with Crippen molar-refractivity contribution in [1.29, 1.82) is 0 Å². The van der Waals surface area contributed by atoms with E-state index < -0.39 is 0 Å². The number of aliphatic hydroxyl groups is 1. The molecule has 0 saturated carbocycles. The molecule has 0 atom stereocenters. The van der Waals surface area contributed by atoms with E-state index in [2.05, 4.69) is 61.2 Å². The minimum Gasteiger partial charge on any atom is -0.396 e. The predicted octanol–water partition coefficient (Wildman–Crippen LogP) is 6.03. The molecule has 0 amide bonds. The maximum absolute atomic E-state index is 9.45. The molecule has 1 fully saturated rings. The first-order valence-electron chi connectivity index (χ1n) is 9.39. The molecule has 3 aromatic rings. The number of aliphatic hydroxyl groups excluding tert-OH is 1. The number of pyridine rings is 1. The normalized spacial score (nSPS) is 15.6. The number of hydrogen-bond acceptors (Lipinski definition) is 3. The molecule has 7 heteroatoms. The van der Waals surface area contributed by atoms with Crippen LogP contribution in [0.4, 0.5) is 5.69 Å². The average molecular weight is 528 g/mol. The number of anilines is 1. The van der Waals surface area contributed by atoms with Crippen molar-refractivity contribution in [1.82, 2.24) is 9.55 Å². The Kier molecular flexibility index (Phi) is 5.76. The number of halogens is 3. The van der Waals surface area contributed by atoms with E-state index in [9.17, 15) is 5.11 Å². The smallest absolute Gasteiger partial charge is 0.147 e. The molecule has 0 radical (unpaired) electrons. The maximum atomic E-state index is 9.45. The molecule has 1 aromatic carbocycles. The zero-order valence-electron chi connectivity index (χ0n) is 15.8. The van der Waals surface area contributed by atoms with Gasteiger partial charge in [-0.1, -0.05) is 11.6 Å². The van der Waals surface area contributed by atoms with Crippen molar-refractivity contribution >= 4 is 60.2 Å². The van der Waals surface area contributed by atoms with Crippen LogP contribution < -0.4 is 4.90 Å². The van der Waals surface area contributed by atoms with Gasteiger partial charge in [-0.3, -0.25) is 4.57 Å². The molecular formula is C21H22Br2ClN3O. The summed E-state index contributed by atoms with van der Waals surface area (Å²) in [5.41, 5.74) is 5.56. The van der Waals surface area contributed by atoms with Crippen molar-refractivity contribution in [2.45, 2.75) is 26.7 Å². The maximum Gasteiger partial charge on any atom is 0.147 e. The lowest BCUT2D eigenvalue weighted by Crippen LogP contribution is -2.34. The molecule has 148 valence electrons. The number of benzene rings is 1. The Morgan fingerprint density at radius 2 is 1.82 bits per heavy atom. The van der Waals surface area contributed by atoms with Crippen LogP contribution in [-0.2, 0) is 0 Å². The second-order valence-electron chi connectivity index (χ2n) is 7.41. The molecule has 1 N–H and O–H groups in total. The van der Waals surface area contributed by atoms with E-state index in [1.54, 1.807) is 0 Å². The average Bonchev–Trinajstić information content (AvgIpc) is 2.93. The van der Waals surface area contributed by atoms with E-state index in [-0.39, 0.29) is 6.61 Å². The van der Waals surface area contributed by atoms with Gasteiger partial charge in [-0.15, -0.1) is 0 Å². The minimum atomic E-state index is 0.284. The number of fused-ring (bicyclic) bond motifs is 1. The Balaban J connectivity index is 1.89. The third-order valence-corrected chi connectivity index (χ3v) is 7.22. The Bertz CT molecular complexity index is 1020. The molecule has 3 heterocycles. The Labute approximate surface area is 186 Å². The number of rotatable bonds is 3. The number of nitrogens with zero attached hydrogens (tertiary/aromatic N) is 3. The van der Waals surface area contributed by atoms with Gasteiger partial charge in [-0.25, -0.2) is 4.98 Å². The van der Waals surface area contributed by atoms with Crippen LogP contribution >= 0.6 is 43.5 Å². The molecule has 1 aliphatic heterocycles. The predicted molar refractivity (Wildman–Crippen MR) is 123 cm³/mol. The summed E-state index contributed by atoms with van der Waals surface area (Å²) in [6.07, 6.45) is 3.93. The highest BCUT2D eigenvalue weighted by molar-refractivity contribution is 9.11. The van der Waals surface area contributed by atoms with Crippen LogP contribution in [0, 0.1) is 19.8 Å². The monoisotopic (exact) mass is 525 g/mol. The standard InChI is InChI=1S/C21H22Br2ClN3O/c1-12-13(2)27(20-16(22)9-15(24)10-17(20)23)21-19(12)18(3-6-25-21)26-7-4-14(11-28)5-8-26/h3,6,9-10,14,28H,4-5,7-8,11H2,1-2H3. The third-order valence-electron chi connectivity index (χ3n) is 5.79. The number of aryl methyl sites for hydroxylation is 1. The van der Waals surface area contributed by atoms with Crippen molar-refractivity contribution in [2.24, 2.45) is 5.92 Å². The topological polar surface area (TPSA) is 41.3 Å². The van der Waals surface area contributed by atoms with E-state index in [0.717, 1.165) is 51.9 Å². The fourth-order valence-corrected chi connectivity index (χ4v) is 6.14. The molecule has 1 saturated heterocycles. The van der Waals surface area contributed by atoms with Gasteiger partial charge in [0.1, 0.15) is 5.65 Å². The Morgan fingerprint density at radius 3 is 2.43 bits per heavy atom. The van der Waals surface area contributed by atoms with E-state index in [1.165, 1.54) is 16.6 Å². The second kappa shape index (κ2) is 7.98. The highest BCUT2D eigenvalue weighted by Gasteiger charge is 2.24. The summed E-state index contributed by atoms with van der Waals surface area (Å²) >= 11 is 13.6. The van der Waals surface area contributed by atoms with E-state index >= 15 is 0 Å². The first-order valence-corrected chi connectivity index (χ1v) is 11.4. The fourth-order valence-electron chi connectivity index (χ4n) is 4.12. The summed E-state index contributed by atoms with van der Waals surface area (Å²) in [5.74, 6) is 0.419. The minimum absolute atomic E-state index is 0.284. The van der Waals surface area contributed by atoms with Crippen molar-refractivity contribution in [3.8, 4) is 5.69 Å². The van der Waals surface area contributed by atoms with Gasteiger partial charge in [-0.05, 0) is 88.2 Å². The van der Waals surface area contributed by atoms with Crippen LogP contribution in [0.25, 0.3) is 16.7 Å². The molecule has 28 heavy (non-hydrogen) atoms. The molecule has 4 rings (SSSR count). The van der Waals surface area contributed by atoms with Gasteiger partial charge in [0.2, 0.25) is 0 Å². The number of hydrogen-bond donors (Lipinski definition) is 1. The van der Waals surface area contributed by atoms with Crippen molar-refractivity contribution in [3.63, 3.8) is 0 Å². The van der Waals surface area contributed by atoms with Crippen LogP contribution in [0.15, 0.2) is 33.3 Å². The number of piperidine rings is 1. The molecule has 1 aliphatic rings. The molecule has 4 nitrogen and oxygen atoms in total. The van der Waals surface area contributed by atoms with Crippen LogP contribution in [0.1, 0.15) is 24.1 Å². The van der Waals surface area contributed by atoms with Gasteiger partial charge in [0, 0.05) is 56.6 Å². The van der Waals surface area contributed by atoms with Crippen molar-refractivity contribution < 1.29 is 5.11 Å². The summed E-state index contributed by atoms with van der Waals surface area (Å²) in [5, 5.41) is 11.3. The highest BCUT2D eigenvalue weighted by atomic mass is 79.9. The van der Waals surface area contributed by atoms with Crippen LogP contribution in [-0.4, -0.2) is 34.4 Å². The van der Waals surface area contributed by atoms with Crippen molar-refractivity contribution in [3.05, 3.63) is 49.6 Å². The Morgan fingerprint density at radius 1 is 1.18 bits per heavy atom. The lowest BCUT2D eigenvalue weighted by molar-refractivity contribution is 0.203. The van der Waals surface area contributed by atoms with E-state index in [1.807, 2.05) is 18.3 Å². The summed E-state index contributed by atoms with van der Waals surface area (Å²) < 4.78 is 4.03. The molecule has 2 aromatic heterocycles. The second-order valence-corrected chi connectivity index (χ2v) is 9.55. The lowest BCUT2D eigenvalue weighted by Gasteiger charge is -2.33.